The van der Waals surface area contributed by atoms with E-state index in [0.29, 0.717) is 0 Å². The van der Waals surface area contributed by atoms with E-state index in [0.717, 1.165) is 135 Å². The van der Waals surface area contributed by atoms with Crippen molar-refractivity contribution in [3.63, 3.8) is 0 Å². The van der Waals surface area contributed by atoms with Crippen molar-refractivity contribution in [2.24, 2.45) is 0 Å². The van der Waals surface area contributed by atoms with Crippen LogP contribution in [0.2, 0.25) is 0 Å². The van der Waals surface area contributed by atoms with E-state index in [1.165, 1.54) is 25.9 Å². The predicted octanol–water partition coefficient (Wildman–Crippen LogP) is 5.97. The van der Waals surface area contributed by atoms with Crippen molar-refractivity contribution in [1.82, 2.24) is 29.4 Å². The Kier molecular flexibility index (Phi) is 34.6. The summed E-state index contributed by atoms with van der Waals surface area (Å²) in [6.07, 6.45) is 2.52. The van der Waals surface area contributed by atoms with Crippen molar-refractivity contribution >= 4 is 112 Å². The van der Waals surface area contributed by atoms with Crippen molar-refractivity contribution < 1.29 is 0 Å². The summed E-state index contributed by atoms with van der Waals surface area (Å²) in [6.45, 7) is 19.3. The average molecular weight is 1020 g/mol. The maximum atomic E-state index is 3.64. The molecule has 0 heterocycles. The van der Waals surface area contributed by atoms with E-state index in [1.807, 2.05) is 0 Å². The highest BCUT2D eigenvalue weighted by atomic mass is 79.9. The molecule has 0 atom stereocenters. The van der Waals surface area contributed by atoms with Crippen LogP contribution in [-0.2, 0) is 0 Å². The third-order valence-corrected chi connectivity index (χ3v) is 9.55. The normalized spacial score (nSPS) is 12.4. The van der Waals surface area contributed by atoms with Crippen LogP contribution < -0.4 is 0 Å². The molecule has 0 aromatic rings. The number of alkyl halides is 7. The van der Waals surface area contributed by atoms with E-state index in [4.69, 9.17) is 0 Å². The van der Waals surface area contributed by atoms with Gasteiger partial charge in [-0.1, -0.05) is 112 Å². The molecule has 0 aliphatic heterocycles. The maximum absolute atomic E-state index is 3.64. The van der Waals surface area contributed by atoms with Crippen LogP contribution in [0.3, 0.4) is 0 Å². The van der Waals surface area contributed by atoms with E-state index in [1.54, 1.807) is 0 Å². The first kappa shape index (κ1) is 43.1. The molecule has 0 aliphatic carbocycles. The number of hydrogen-bond donors (Lipinski definition) is 0. The van der Waals surface area contributed by atoms with E-state index in [2.05, 4.69) is 148 Å². The average Bonchev–Trinajstić information content (AvgIpc) is 2.93. The second-order valence-electron chi connectivity index (χ2n) is 10.0. The number of halogens is 7. The van der Waals surface area contributed by atoms with Crippen molar-refractivity contribution in [1.29, 1.82) is 0 Å². The zero-order valence-corrected chi connectivity index (χ0v) is 35.8. The molecular weight excluding hydrogens is 968 g/mol. The smallest absolute Gasteiger partial charge is 0.0159 e. The molecule has 0 saturated carbocycles. The molecule has 0 spiro atoms. The minimum Gasteiger partial charge on any atom is -0.304 e. The van der Waals surface area contributed by atoms with Gasteiger partial charge in [-0.2, -0.15) is 0 Å². The molecule has 0 aromatic carbocycles. The van der Waals surface area contributed by atoms with Gasteiger partial charge in [0.15, 0.2) is 0 Å². The summed E-state index contributed by atoms with van der Waals surface area (Å²) in [7, 11) is 2.24. The van der Waals surface area contributed by atoms with Crippen LogP contribution in [0.25, 0.3) is 0 Å². The van der Waals surface area contributed by atoms with E-state index in [9.17, 15) is 0 Å². The van der Waals surface area contributed by atoms with Crippen molar-refractivity contribution in [2.45, 2.75) is 12.8 Å². The second-order valence-corrected chi connectivity index (χ2v) is 15.6. The van der Waals surface area contributed by atoms with Gasteiger partial charge in [-0.15, -0.1) is 0 Å². The molecular formula is C27H55Br7N6. The molecule has 13 heteroatoms. The number of nitrogens with zero attached hydrogens (tertiary/aromatic N) is 6. The molecule has 0 bridgehead atoms. The molecule has 242 valence electrons. The zero-order chi connectivity index (χ0) is 29.8. The molecule has 0 saturated heterocycles. The molecule has 0 aromatic heterocycles. The molecule has 0 amide bonds. The number of likely N-dealkylation sites (N-methyl/N-ethyl adjacent to an activating group) is 1. The van der Waals surface area contributed by atoms with Gasteiger partial charge >= 0.3 is 0 Å². The highest BCUT2D eigenvalue weighted by Gasteiger charge is 2.13. The van der Waals surface area contributed by atoms with Gasteiger partial charge in [0.2, 0.25) is 0 Å². The van der Waals surface area contributed by atoms with E-state index < -0.39 is 0 Å². The summed E-state index contributed by atoms with van der Waals surface area (Å²) in [5, 5.41) is 7.25. The van der Waals surface area contributed by atoms with Gasteiger partial charge in [0.05, 0.1) is 0 Å². The van der Waals surface area contributed by atoms with Crippen LogP contribution in [0.5, 0.6) is 0 Å². The van der Waals surface area contributed by atoms with Gasteiger partial charge < -0.3 is 29.4 Å². The molecule has 0 aliphatic rings. The van der Waals surface area contributed by atoms with Crippen LogP contribution in [-0.4, -0.2) is 185 Å². The molecule has 0 unspecified atom stereocenters. The number of unbranched alkanes of at least 4 members (excludes halogenated alkanes) is 1. The molecule has 0 rings (SSSR count). The lowest BCUT2D eigenvalue weighted by Crippen LogP contribution is -2.42. The van der Waals surface area contributed by atoms with E-state index >= 15 is 0 Å². The topological polar surface area (TPSA) is 19.4 Å². The Morgan fingerprint density at radius 1 is 0.275 bits per heavy atom. The quantitative estimate of drug-likeness (QED) is 0.0626. The summed E-state index contributed by atoms with van der Waals surface area (Å²) >= 11 is 25.4. The summed E-state index contributed by atoms with van der Waals surface area (Å²) in [5.74, 6) is 0. The fourth-order valence-corrected chi connectivity index (χ4v) is 8.10. The fourth-order valence-electron chi connectivity index (χ4n) is 4.48. The maximum Gasteiger partial charge on any atom is 0.0159 e. The highest BCUT2D eigenvalue weighted by Crippen LogP contribution is 2.05. The first-order valence-electron chi connectivity index (χ1n) is 14.7. The van der Waals surface area contributed by atoms with E-state index in [-0.39, 0.29) is 0 Å². The Morgan fingerprint density at radius 2 is 0.500 bits per heavy atom. The SMILES string of the molecule is CN(CCBr)CCN(CCCCN(CCN(CCBr)CCBr)CCN(CCBr)CCBr)CCN(CCBr)CCBr. The Labute approximate surface area is 306 Å². The van der Waals surface area contributed by atoms with Crippen LogP contribution >= 0.6 is 112 Å². The molecule has 0 fully saturated rings. The fraction of sp³-hybridized carbons (Fsp3) is 1.00. The number of rotatable bonds is 31. The summed E-state index contributed by atoms with van der Waals surface area (Å²) < 4.78 is 0. The Morgan fingerprint density at radius 3 is 0.750 bits per heavy atom. The summed E-state index contributed by atoms with van der Waals surface area (Å²) in [5.41, 5.74) is 0. The minimum atomic E-state index is 1.04. The van der Waals surface area contributed by atoms with Crippen LogP contribution in [0.4, 0.5) is 0 Å². The predicted molar refractivity (Wildman–Crippen MR) is 205 cm³/mol. The van der Waals surface area contributed by atoms with Crippen LogP contribution in [0, 0.1) is 0 Å². The minimum absolute atomic E-state index is 1.04. The van der Waals surface area contributed by atoms with Crippen LogP contribution in [0.1, 0.15) is 12.8 Å². The largest absolute Gasteiger partial charge is 0.304 e. The van der Waals surface area contributed by atoms with Crippen molar-refractivity contribution in [2.75, 3.05) is 156 Å². The standard InChI is InChI=1S/C27H55Br7N6/c1-35(13-4-28)20-21-36(22-25-38(14-5-29)15-6-30)11-2-3-12-37(23-26-39(16-7-31)17-8-32)24-27-40(18-9-33)19-10-34/h2-27H2,1H3. The van der Waals surface area contributed by atoms with Crippen LogP contribution in [0.15, 0.2) is 0 Å². The first-order chi connectivity index (χ1) is 19.5. The number of hydrogen-bond acceptors (Lipinski definition) is 6. The summed E-state index contributed by atoms with van der Waals surface area (Å²) in [6, 6.07) is 0. The van der Waals surface area contributed by atoms with Crippen molar-refractivity contribution in [3.8, 4) is 0 Å². The lowest BCUT2D eigenvalue weighted by molar-refractivity contribution is 0.174. The second kappa shape index (κ2) is 32.1. The summed E-state index contributed by atoms with van der Waals surface area (Å²) in [4.78, 5) is 15.6. The van der Waals surface area contributed by atoms with Gasteiger partial charge in [0.1, 0.15) is 0 Å². The lowest BCUT2D eigenvalue weighted by atomic mass is 10.2. The van der Waals surface area contributed by atoms with Gasteiger partial charge in [-0.05, 0) is 33.0 Å². The molecule has 0 radical (unpaired) electrons. The Bertz CT molecular complexity index is 492. The molecule has 6 nitrogen and oxygen atoms in total. The molecule has 40 heavy (non-hydrogen) atoms. The third kappa shape index (κ3) is 25.3. The highest BCUT2D eigenvalue weighted by molar-refractivity contribution is 9.10. The Balaban J connectivity index is 5.02. The Hall–Kier alpha value is 3.12. The van der Waals surface area contributed by atoms with Gasteiger partial charge in [-0.25, -0.2) is 0 Å². The first-order valence-corrected chi connectivity index (χ1v) is 22.5. The monoisotopic (exact) mass is 1020 g/mol. The van der Waals surface area contributed by atoms with Gasteiger partial charge in [0.25, 0.3) is 0 Å². The zero-order valence-electron chi connectivity index (χ0n) is 24.7. The lowest BCUT2D eigenvalue weighted by Gasteiger charge is -2.30. The van der Waals surface area contributed by atoms with Crippen molar-refractivity contribution in [3.05, 3.63) is 0 Å². The van der Waals surface area contributed by atoms with Gasteiger partial charge in [0, 0.05) is 135 Å². The molecule has 0 N–H and O–H groups in total. The van der Waals surface area contributed by atoms with Gasteiger partial charge in [-0.3, -0.25) is 0 Å². The third-order valence-electron chi connectivity index (χ3n) is 7.06.